The van der Waals surface area contributed by atoms with E-state index < -0.39 is 5.24 Å². The SMILES string of the molecule is CCCCC[C@H]1CC[C@H](c2ccc(-c3ccc(C(=O)Cl)cc3)cc2)CC1. The van der Waals surface area contributed by atoms with Gasteiger partial charge in [0.15, 0.2) is 0 Å². The summed E-state index contributed by atoms with van der Waals surface area (Å²) in [5.41, 5.74) is 4.34. The van der Waals surface area contributed by atoms with Crippen LogP contribution in [0.1, 0.15) is 80.1 Å². The van der Waals surface area contributed by atoms with Crippen molar-refractivity contribution in [1.29, 1.82) is 0 Å². The van der Waals surface area contributed by atoms with E-state index in [1.54, 1.807) is 12.1 Å². The predicted octanol–water partition coefficient (Wildman–Crippen LogP) is 7.59. The zero-order valence-corrected chi connectivity index (χ0v) is 16.5. The van der Waals surface area contributed by atoms with Crippen molar-refractivity contribution >= 4 is 16.8 Å². The molecule has 138 valence electrons. The molecule has 1 aliphatic rings. The van der Waals surface area contributed by atoms with E-state index in [4.69, 9.17) is 11.6 Å². The minimum atomic E-state index is -0.405. The lowest BCUT2D eigenvalue weighted by atomic mass is 9.77. The number of unbranched alkanes of at least 4 members (excludes halogenated alkanes) is 2. The molecular weight excluding hydrogens is 340 g/mol. The highest BCUT2D eigenvalue weighted by molar-refractivity contribution is 6.67. The third-order valence-corrected chi connectivity index (χ3v) is 6.11. The Labute approximate surface area is 162 Å². The second-order valence-electron chi connectivity index (χ2n) is 7.69. The minimum absolute atomic E-state index is 0.405. The van der Waals surface area contributed by atoms with Gasteiger partial charge in [-0.25, -0.2) is 0 Å². The van der Waals surface area contributed by atoms with E-state index >= 15 is 0 Å². The number of carbonyl (C=O) groups is 1. The minimum Gasteiger partial charge on any atom is -0.276 e. The van der Waals surface area contributed by atoms with Crippen LogP contribution in [0.25, 0.3) is 11.1 Å². The van der Waals surface area contributed by atoms with Crippen LogP contribution in [0.5, 0.6) is 0 Å². The Morgan fingerprint density at radius 2 is 1.46 bits per heavy atom. The molecule has 0 spiro atoms. The molecule has 0 radical (unpaired) electrons. The maximum absolute atomic E-state index is 11.2. The maximum atomic E-state index is 11.2. The number of halogens is 1. The van der Waals surface area contributed by atoms with Gasteiger partial charge in [0.1, 0.15) is 0 Å². The Bertz CT molecular complexity index is 694. The van der Waals surface area contributed by atoms with Crippen LogP contribution in [0, 0.1) is 5.92 Å². The fraction of sp³-hybridized carbons (Fsp3) is 0.458. The van der Waals surface area contributed by atoms with Crippen LogP contribution in [-0.4, -0.2) is 5.24 Å². The van der Waals surface area contributed by atoms with Gasteiger partial charge in [0.2, 0.25) is 0 Å². The lowest BCUT2D eigenvalue weighted by Crippen LogP contribution is -2.13. The van der Waals surface area contributed by atoms with Crippen molar-refractivity contribution in [2.75, 3.05) is 0 Å². The molecule has 0 bridgehead atoms. The van der Waals surface area contributed by atoms with Crippen LogP contribution in [0.2, 0.25) is 0 Å². The van der Waals surface area contributed by atoms with Gasteiger partial charge in [0, 0.05) is 5.56 Å². The smallest absolute Gasteiger partial charge is 0.252 e. The van der Waals surface area contributed by atoms with Gasteiger partial charge >= 0.3 is 0 Å². The summed E-state index contributed by atoms with van der Waals surface area (Å²) in [5, 5.41) is -0.405. The Morgan fingerprint density at radius 1 is 0.885 bits per heavy atom. The zero-order chi connectivity index (χ0) is 18.4. The molecular formula is C24H29ClO. The van der Waals surface area contributed by atoms with E-state index in [1.165, 1.54) is 62.5 Å². The largest absolute Gasteiger partial charge is 0.276 e. The Kier molecular flexibility index (Phi) is 6.91. The van der Waals surface area contributed by atoms with Crippen LogP contribution in [-0.2, 0) is 0 Å². The Morgan fingerprint density at radius 3 is 2.00 bits per heavy atom. The molecule has 0 aliphatic heterocycles. The summed E-state index contributed by atoms with van der Waals surface area (Å²) in [4.78, 5) is 11.2. The van der Waals surface area contributed by atoms with E-state index in [-0.39, 0.29) is 0 Å². The third-order valence-electron chi connectivity index (χ3n) is 5.89. The molecule has 2 heteroatoms. The lowest BCUT2D eigenvalue weighted by Gasteiger charge is -2.29. The molecule has 1 nitrogen and oxygen atoms in total. The summed E-state index contributed by atoms with van der Waals surface area (Å²) in [6, 6.07) is 16.5. The number of rotatable bonds is 7. The van der Waals surface area contributed by atoms with Gasteiger partial charge in [0.05, 0.1) is 0 Å². The number of hydrogen-bond donors (Lipinski definition) is 0. The molecule has 0 heterocycles. The van der Waals surface area contributed by atoms with Gasteiger partial charge in [-0.15, -0.1) is 0 Å². The third kappa shape index (κ3) is 4.98. The van der Waals surface area contributed by atoms with Crippen molar-refractivity contribution in [3.8, 4) is 11.1 Å². The summed E-state index contributed by atoms with van der Waals surface area (Å²) < 4.78 is 0. The summed E-state index contributed by atoms with van der Waals surface area (Å²) in [5.74, 6) is 1.68. The van der Waals surface area contributed by atoms with Crippen molar-refractivity contribution in [3.05, 3.63) is 59.7 Å². The normalized spacial score (nSPS) is 20.1. The first-order chi connectivity index (χ1) is 12.7. The first-order valence-corrected chi connectivity index (χ1v) is 10.5. The number of carbonyl (C=O) groups excluding carboxylic acids is 1. The van der Waals surface area contributed by atoms with E-state index in [2.05, 4.69) is 31.2 Å². The quantitative estimate of drug-likeness (QED) is 0.363. The average Bonchev–Trinajstić information content (AvgIpc) is 2.69. The molecule has 3 rings (SSSR count). The standard InChI is InChI=1S/C24H29ClO/c1-2-3-4-5-18-6-8-19(9-7-18)20-10-12-21(13-11-20)22-14-16-23(17-15-22)24(25)26/h10-19H,2-9H2,1H3/t18-,19-. The second-order valence-corrected chi connectivity index (χ2v) is 8.03. The van der Waals surface area contributed by atoms with Crippen molar-refractivity contribution in [2.24, 2.45) is 5.92 Å². The van der Waals surface area contributed by atoms with E-state index in [1.807, 2.05) is 12.1 Å². The van der Waals surface area contributed by atoms with Gasteiger partial charge in [-0.2, -0.15) is 0 Å². The van der Waals surface area contributed by atoms with Crippen LogP contribution in [0.15, 0.2) is 48.5 Å². The molecule has 0 atom stereocenters. The van der Waals surface area contributed by atoms with Crippen molar-refractivity contribution in [3.63, 3.8) is 0 Å². The molecule has 1 saturated carbocycles. The van der Waals surface area contributed by atoms with Gasteiger partial charge in [0.25, 0.3) is 5.24 Å². The molecule has 0 aromatic heterocycles. The van der Waals surface area contributed by atoms with Crippen LogP contribution in [0.4, 0.5) is 0 Å². The van der Waals surface area contributed by atoms with Crippen LogP contribution in [0.3, 0.4) is 0 Å². The van der Waals surface area contributed by atoms with Gasteiger partial charge in [-0.1, -0.05) is 69.0 Å². The maximum Gasteiger partial charge on any atom is 0.252 e. The lowest BCUT2D eigenvalue weighted by molar-refractivity contribution is 0.108. The Balaban J connectivity index is 1.57. The van der Waals surface area contributed by atoms with Gasteiger partial charge in [-0.3, -0.25) is 4.79 Å². The highest BCUT2D eigenvalue weighted by Crippen LogP contribution is 2.38. The monoisotopic (exact) mass is 368 g/mol. The summed E-state index contributed by atoms with van der Waals surface area (Å²) >= 11 is 5.51. The predicted molar refractivity (Wildman–Crippen MR) is 111 cm³/mol. The summed E-state index contributed by atoms with van der Waals surface area (Å²) in [6.45, 7) is 2.28. The molecule has 0 unspecified atom stereocenters. The van der Waals surface area contributed by atoms with E-state index in [0.717, 1.165) is 17.4 Å². The molecule has 2 aromatic rings. The molecule has 26 heavy (non-hydrogen) atoms. The van der Waals surface area contributed by atoms with Crippen molar-refractivity contribution in [1.82, 2.24) is 0 Å². The number of benzene rings is 2. The first-order valence-electron chi connectivity index (χ1n) is 10.1. The molecule has 1 aliphatic carbocycles. The molecule has 0 amide bonds. The van der Waals surface area contributed by atoms with E-state index in [9.17, 15) is 4.79 Å². The highest BCUT2D eigenvalue weighted by atomic mass is 35.5. The van der Waals surface area contributed by atoms with Gasteiger partial charge in [-0.05, 0) is 77.9 Å². The second kappa shape index (κ2) is 9.37. The fourth-order valence-corrected chi connectivity index (χ4v) is 4.33. The fourth-order valence-electron chi connectivity index (χ4n) is 4.21. The molecule has 1 fully saturated rings. The highest BCUT2D eigenvalue weighted by Gasteiger charge is 2.22. The van der Waals surface area contributed by atoms with Crippen LogP contribution < -0.4 is 0 Å². The zero-order valence-electron chi connectivity index (χ0n) is 15.7. The summed E-state index contributed by atoms with van der Waals surface area (Å²) in [6.07, 6.45) is 11.0. The average molecular weight is 369 g/mol. The van der Waals surface area contributed by atoms with Crippen molar-refractivity contribution in [2.45, 2.75) is 64.2 Å². The molecule has 0 N–H and O–H groups in total. The number of hydrogen-bond acceptors (Lipinski definition) is 1. The van der Waals surface area contributed by atoms with Crippen molar-refractivity contribution < 1.29 is 4.79 Å². The Hall–Kier alpha value is -1.60. The van der Waals surface area contributed by atoms with E-state index in [0.29, 0.717) is 5.56 Å². The van der Waals surface area contributed by atoms with Crippen LogP contribution >= 0.6 is 11.6 Å². The topological polar surface area (TPSA) is 17.1 Å². The molecule has 0 saturated heterocycles. The first kappa shape index (κ1) is 19.2. The molecule has 2 aromatic carbocycles. The van der Waals surface area contributed by atoms with Gasteiger partial charge < -0.3 is 0 Å². The summed E-state index contributed by atoms with van der Waals surface area (Å²) in [7, 11) is 0.